The smallest absolute Gasteiger partial charge is 0.216 e. The zero-order valence-electron chi connectivity index (χ0n) is 10.4. The Hall–Kier alpha value is -0.960. The Morgan fingerprint density at radius 1 is 1.18 bits per heavy atom. The van der Waals surface area contributed by atoms with Gasteiger partial charge in [-0.05, 0) is 42.5 Å². The molecule has 0 spiro atoms. The largest absolute Gasteiger partial charge is 0.371 e. The van der Waals surface area contributed by atoms with Crippen molar-refractivity contribution in [3.63, 3.8) is 0 Å². The Balaban J connectivity index is 2.06. The van der Waals surface area contributed by atoms with E-state index in [1.165, 1.54) is 18.5 Å². The van der Waals surface area contributed by atoms with Gasteiger partial charge < -0.3 is 4.90 Å². The molecule has 0 N–H and O–H groups in total. The maximum Gasteiger partial charge on any atom is 0.216 e. The summed E-state index contributed by atoms with van der Waals surface area (Å²) in [4.78, 5) is 13.5. The fourth-order valence-corrected chi connectivity index (χ4v) is 2.33. The minimum atomic E-state index is -0.170. The van der Waals surface area contributed by atoms with E-state index in [9.17, 15) is 4.79 Å². The van der Waals surface area contributed by atoms with Gasteiger partial charge in [-0.3, -0.25) is 4.79 Å². The molecular formula is C14H19NOS. The SMILES string of the molecule is CC1(C)CCN(c2ccc(C(=O)S)cc2)CC1. The first-order valence-electron chi connectivity index (χ1n) is 6.06. The molecule has 92 valence electrons. The Labute approximate surface area is 108 Å². The summed E-state index contributed by atoms with van der Waals surface area (Å²) in [5.41, 5.74) is 2.34. The van der Waals surface area contributed by atoms with Crippen LogP contribution < -0.4 is 4.90 Å². The summed E-state index contributed by atoms with van der Waals surface area (Å²) in [6.07, 6.45) is 2.44. The third-order valence-electron chi connectivity index (χ3n) is 3.60. The number of benzene rings is 1. The lowest BCUT2D eigenvalue weighted by Gasteiger charge is -2.38. The molecule has 0 atom stereocenters. The molecule has 1 aromatic rings. The maximum absolute atomic E-state index is 11.1. The van der Waals surface area contributed by atoms with Gasteiger partial charge in [-0.25, -0.2) is 0 Å². The molecule has 1 saturated heterocycles. The minimum Gasteiger partial charge on any atom is -0.371 e. The molecule has 0 unspecified atom stereocenters. The van der Waals surface area contributed by atoms with Gasteiger partial charge in [-0.1, -0.05) is 13.8 Å². The number of carbonyl (C=O) groups is 1. The third kappa shape index (κ3) is 3.03. The van der Waals surface area contributed by atoms with E-state index < -0.39 is 0 Å². The second-order valence-corrected chi connectivity index (χ2v) is 5.91. The number of carbonyl (C=O) groups excluding carboxylic acids is 1. The Bertz CT molecular complexity index is 401. The number of anilines is 1. The molecule has 0 aliphatic carbocycles. The van der Waals surface area contributed by atoms with Crippen LogP contribution in [0.25, 0.3) is 0 Å². The quantitative estimate of drug-likeness (QED) is 0.811. The van der Waals surface area contributed by atoms with Crippen LogP contribution >= 0.6 is 12.6 Å². The molecule has 17 heavy (non-hydrogen) atoms. The van der Waals surface area contributed by atoms with Gasteiger partial charge in [0.1, 0.15) is 0 Å². The highest BCUT2D eigenvalue weighted by Crippen LogP contribution is 2.32. The van der Waals surface area contributed by atoms with Crippen molar-refractivity contribution in [1.29, 1.82) is 0 Å². The van der Waals surface area contributed by atoms with Crippen molar-refractivity contribution in [1.82, 2.24) is 0 Å². The van der Waals surface area contributed by atoms with Crippen LogP contribution in [-0.4, -0.2) is 18.2 Å². The van der Waals surface area contributed by atoms with Crippen molar-refractivity contribution >= 4 is 23.4 Å². The van der Waals surface area contributed by atoms with E-state index >= 15 is 0 Å². The Morgan fingerprint density at radius 2 is 1.71 bits per heavy atom. The highest BCUT2D eigenvalue weighted by molar-refractivity contribution is 7.97. The van der Waals surface area contributed by atoms with E-state index in [1.54, 1.807) is 0 Å². The highest BCUT2D eigenvalue weighted by Gasteiger charge is 2.25. The van der Waals surface area contributed by atoms with Crippen LogP contribution in [0.1, 0.15) is 37.0 Å². The molecule has 3 heteroatoms. The van der Waals surface area contributed by atoms with E-state index in [0.717, 1.165) is 13.1 Å². The molecule has 0 amide bonds. The van der Waals surface area contributed by atoms with E-state index in [4.69, 9.17) is 0 Å². The molecule has 2 rings (SSSR count). The van der Waals surface area contributed by atoms with Gasteiger partial charge in [0, 0.05) is 24.3 Å². The summed E-state index contributed by atoms with van der Waals surface area (Å²) in [6, 6.07) is 7.73. The fourth-order valence-electron chi connectivity index (χ4n) is 2.19. The average molecular weight is 249 g/mol. The summed E-state index contributed by atoms with van der Waals surface area (Å²) < 4.78 is 0. The van der Waals surface area contributed by atoms with Gasteiger partial charge >= 0.3 is 0 Å². The molecule has 1 aromatic carbocycles. The molecule has 0 bridgehead atoms. The van der Waals surface area contributed by atoms with Crippen LogP contribution in [0, 0.1) is 5.41 Å². The summed E-state index contributed by atoms with van der Waals surface area (Å²) in [5, 5.41) is -0.170. The summed E-state index contributed by atoms with van der Waals surface area (Å²) in [5.74, 6) is 0. The molecule has 1 fully saturated rings. The summed E-state index contributed by atoms with van der Waals surface area (Å²) >= 11 is 3.82. The monoisotopic (exact) mass is 249 g/mol. The number of rotatable bonds is 2. The van der Waals surface area contributed by atoms with Gasteiger partial charge in [0.15, 0.2) is 0 Å². The predicted octanol–water partition coefficient (Wildman–Crippen LogP) is 3.38. The number of nitrogens with zero attached hydrogens (tertiary/aromatic N) is 1. The lowest BCUT2D eigenvalue weighted by atomic mass is 9.82. The first-order chi connectivity index (χ1) is 7.98. The normalized spacial score (nSPS) is 19.1. The fraction of sp³-hybridized carbons (Fsp3) is 0.500. The van der Waals surface area contributed by atoms with E-state index in [0.29, 0.717) is 11.0 Å². The first kappa shape index (κ1) is 12.5. The van der Waals surface area contributed by atoms with Crippen LogP contribution in [0.15, 0.2) is 24.3 Å². The molecule has 1 aliphatic heterocycles. The Morgan fingerprint density at radius 3 is 2.18 bits per heavy atom. The van der Waals surface area contributed by atoms with Crippen molar-refractivity contribution in [3.05, 3.63) is 29.8 Å². The maximum atomic E-state index is 11.1. The van der Waals surface area contributed by atoms with E-state index in [1.807, 2.05) is 24.3 Å². The van der Waals surface area contributed by atoms with Crippen LogP contribution in [0.3, 0.4) is 0 Å². The molecule has 0 aromatic heterocycles. The highest BCUT2D eigenvalue weighted by atomic mass is 32.1. The molecule has 0 radical (unpaired) electrons. The minimum absolute atomic E-state index is 0.170. The zero-order valence-corrected chi connectivity index (χ0v) is 11.3. The molecule has 2 nitrogen and oxygen atoms in total. The van der Waals surface area contributed by atoms with Crippen molar-refractivity contribution in [3.8, 4) is 0 Å². The lowest BCUT2D eigenvalue weighted by Crippen LogP contribution is -2.37. The average Bonchev–Trinajstić information content (AvgIpc) is 2.29. The van der Waals surface area contributed by atoms with Crippen LogP contribution in [0.4, 0.5) is 5.69 Å². The number of piperidine rings is 1. The van der Waals surface area contributed by atoms with Crippen LogP contribution in [0.5, 0.6) is 0 Å². The van der Waals surface area contributed by atoms with Crippen LogP contribution in [-0.2, 0) is 0 Å². The molecular weight excluding hydrogens is 230 g/mol. The van der Waals surface area contributed by atoms with Crippen molar-refractivity contribution < 1.29 is 4.79 Å². The van der Waals surface area contributed by atoms with Crippen molar-refractivity contribution in [2.45, 2.75) is 26.7 Å². The molecule has 1 heterocycles. The first-order valence-corrected chi connectivity index (χ1v) is 6.51. The predicted molar refractivity (Wildman–Crippen MR) is 75.0 cm³/mol. The van der Waals surface area contributed by atoms with E-state index in [2.05, 4.69) is 31.4 Å². The van der Waals surface area contributed by atoms with Gasteiger partial charge in [0.25, 0.3) is 0 Å². The molecule has 1 aliphatic rings. The van der Waals surface area contributed by atoms with E-state index in [-0.39, 0.29) is 5.12 Å². The van der Waals surface area contributed by atoms with Crippen molar-refractivity contribution in [2.24, 2.45) is 5.41 Å². The lowest BCUT2D eigenvalue weighted by molar-refractivity contribution is 0.109. The van der Waals surface area contributed by atoms with Crippen LogP contribution in [0.2, 0.25) is 0 Å². The standard InChI is InChI=1S/C14H19NOS/c1-14(2)7-9-15(10-8-14)12-5-3-11(4-6-12)13(16)17/h3-6H,7-10H2,1-2H3,(H,16,17). The van der Waals surface area contributed by atoms with Gasteiger partial charge in [0.05, 0.1) is 0 Å². The topological polar surface area (TPSA) is 20.3 Å². The van der Waals surface area contributed by atoms with Gasteiger partial charge in [-0.15, -0.1) is 12.6 Å². The second-order valence-electron chi connectivity index (χ2n) is 5.50. The second kappa shape index (κ2) is 4.73. The van der Waals surface area contributed by atoms with Crippen molar-refractivity contribution in [2.75, 3.05) is 18.0 Å². The third-order valence-corrected chi connectivity index (χ3v) is 3.85. The van der Waals surface area contributed by atoms with Gasteiger partial charge in [0.2, 0.25) is 5.12 Å². The summed E-state index contributed by atoms with van der Waals surface area (Å²) in [7, 11) is 0. The number of hydrogen-bond donors (Lipinski definition) is 1. The summed E-state index contributed by atoms with van der Waals surface area (Å²) in [6.45, 7) is 6.85. The number of thiol groups is 1. The zero-order chi connectivity index (χ0) is 12.5. The Kier molecular flexibility index (Phi) is 3.48. The molecule has 0 saturated carbocycles. The van der Waals surface area contributed by atoms with Gasteiger partial charge in [-0.2, -0.15) is 0 Å². The number of hydrogen-bond acceptors (Lipinski definition) is 2.